The summed E-state index contributed by atoms with van der Waals surface area (Å²) < 4.78 is 5.94. The van der Waals surface area contributed by atoms with Crippen LogP contribution < -0.4 is 0 Å². The minimum absolute atomic E-state index is 0.0470. The number of benzene rings is 2. The van der Waals surface area contributed by atoms with Gasteiger partial charge in [0, 0.05) is 39.3 Å². The minimum Gasteiger partial charge on any atom is -0.375 e. The van der Waals surface area contributed by atoms with Crippen molar-refractivity contribution in [3.8, 4) is 0 Å². The number of nitrogens with zero attached hydrogens (tertiary/aromatic N) is 2. The molecule has 1 atom stereocenters. The van der Waals surface area contributed by atoms with Crippen LogP contribution >= 0.6 is 0 Å². The quantitative estimate of drug-likeness (QED) is 0.840. The second-order valence-corrected chi connectivity index (χ2v) is 6.82. The Bertz CT molecular complexity index is 700. The third-order valence-electron chi connectivity index (χ3n) is 4.52. The SMILES string of the molecule is CN(C)C(=O)c1cccc(CN2CCOC(Cc3ccccc3)C2)c1. The smallest absolute Gasteiger partial charge is 0.253 e. The van der Waals surface area contributed by atoms with Crippen LogP contribution in [0.5, 0.6) is 0 Å². The highest BCUT2D eigenvalue weighted by molar-refractivity contribution is 5.94. The van der Waals surface area contributed by atoms with Gasteiger partial charge in [-0.25, -0.2) is 0 Å². The lowest BCUT2D eigenvalue weighted by Crippen LogP contribution is -2.42. The van der Waals surface area contributed by atoms with Crippen molar-refractivity contribution in [2.24, 2.45) is 0 Å². The molecule has 4 heteroatoms. The molecule has 0 radical (unpaired) electrons. The standard InChI is InChI=1S/C21H26N2O2/c1-22(2)21(24)19-10-6-9-18(13-19)15-23-11-12-25-20(16-23)14-17-7-4-3-5-8-17/h3-10,13,20H,11-12,14-16H2,1-2H3. The molecular weight excluding hydrogens is 312 g/mol. The van der Waals surface area contributed by atoms with Gasteiger partial charge in [-0.1, -0.05) is 42.5 Å². The van der Waals surface area contributed by atoms with Crippen molar-refractivity contribution < 1.29 is 9.53 Å². The van der Waals surface area contributed by atoms with Crippen molar-refractivity contribution in [2.45, 2.75) is 19.1 Å². The van der Waals surface area contributed by atoms with Crippen LogP contribution in [0.4, 0.5) is 0 Å². The molecule has 2 aromatic carbocycles. The number of carbonyl (C=O) groups excluding carboxylic acids is 1. The van der Waals surface area contributed by atoms with Gasteiger partial charge in [0.25, 0.3) is 5.91 Å². The Labute approximate surface area is 150 Å². The van der Waals surface area contributed by atoms with Crippen molar-refractivity contribution in [1.82, 2.24) is 9.80 Å². The Balaban J connectivity index is 1.61. The fourth-order valence-electron chi connectivity index (χ4n) is 3.24. The predicted octanol–water partition coefficient (Wildman–Crippen LogP) is 2.83. The third kappa shape index (κ3) is 4.91. The topological polar surface area (TPSA) is 32.8 Å². The van der Waals surface area contributed by atoms with E-state index in [1.165, 1.54) is 11.1 Å². The molecule has 132 valence electrons. The predicted molar refractivity (Wildman–Crippen MR) is 99.6 cm³/mol. The molecule has 1 aliphatic heterocycles. The van der Waals surface area contributed by atoms with Crippen LogP contribution in [0.25, 0.3) is 0 Å². The average Bonchev–Trinajstić information content (AvgIpc) is 2.62. The maximum Gasteiger partial charge on any atom is 0.253 e. The first-order chi connectivity index (χ1) is 12.1. The van der Waals surface area contributed by atoms with Gasteiger partial charge in [0.15, 0.2) is 0 Å². The fraction of sp³-hybridized carbons (Fsp3) is 0.381. The summed E-state index contributed by atoms with van der Waals surface area (Å²) in [6.45, 7) is 3.45. The van der Waals surface area contributed by atoms with E-state index in [0.717, 1.165) is 38.2 Å². The van der Waals surface area contributed by atoms with Gasteiger partial charge < -0.3 is 9.64 Å². The van der Waals surface area contributed by atoms with Gasteiger partial charge in [-0.2, -0.15) is 0 Å². The summed E-state index contributed by atoms with van der Waals surface area (Å²) in [7, 11) is 3.57. The fourth-order valence-corrected chi connectivity index (χ4v) is 3.24. The average molecular weight is 338 g/mol. The molecule has 1 fully saturated rings. The Morgan fingerprint density at radius 1 is 1.12 bits per heavy atom. The Morgan fingerprint density at radius 2 is 1.88 bits per heavy atom. The zero-order chi connectivity index (χ0) is 17.6. The van der Waals surface area contributed by atoms with E-state index in [0.29, 0.717) is 0 Å². The molecule has 1 unspecified atom stereocenters. The molecule has 3 rings (SSSR count). The number of amides is 1. The van der Waals surface area contributed by atoms with E-state index < -0.39 is 0 Å². The lowest BCUT2D eigenvalue weighted by molar-refractivity contribution is -0.0305. The molecule has 1 heterocycles. The molecular formula is C21H26N2O2. The highest BCUT2D eigenvalue weighted by Gasteiger charge is 2.21. The van der Waals surface area contributed by atoms with Crippen LogP contribution in [0, 0.1) is 0 Å². The Kier molecular flexibility index (Phi) is 5.84. The first-order valence-corrected chi connectivity index (χ1v) is 8.80. The van der Waals surface area contributed by atoms with E-state index in [-0.39, 0.29) is 12.0 Å². The van der Waals surface area contributed by atoms with E-state index in [1.807, 2.05) is 24.3 Å². The lowest BCUT2D eigenvalue weighted by atomic mass is 10.1. The maximum atomic E-state index is 12.1. The normalized spacial score (nSPS) is 18.1. The van der Waals surface area contributed by atoms with Crippen molar-refractivity contribution >= 4 is 5.91 Å². The minimum atomic E-state index is 0.0470. The molecule has 4 nitrogen and oxygen atoms in total. The van der Waals surface area contributed by atoms with Crippen LogP contribution in [0.15, 0.2) is 54.6 Å². The third-order valence-corrected chi connectivity index (χ3v) is 4.52. The molecule has 2 aromatic rings. The van der Waals surface area contributed by atoms with Gasteiger partial charge in [0.05, 0.1) is 12.7 Å². The van der Waals surface area contributed by atoms with E-state index >= 15 is 0 Å². The van der Waals surface area contributed by atoms with Gasteiger partial charge in [0.1, 0.15) is 0 Å². The maximum absolute atomic E-state index is 12.1. The first-order valence-electron chi connectivity index (χ1n) is 8.80. The number of morpholine rings is 1. The molecule has 0 saturated carbocycles. The second kappa shape index (κ2) is 8.28. The Morgan fingerprint density at radius 3 is 2.64 bits per heavy atom. The van der Waals surface area contributed by atoms with Gasteiger partial charge in [0.2, 0.25) is 0 Å². The summed E-state index contributed by atoms with van der Waals surface area (Å²) in [4.78, 5) is 16.2. The molecule has 1 saturated heterocycles. The van der Waals surface area contributed by atoms with E-state index in [4.69, 9.17) is 4.74 Å². The largest absolute Gasteiger partial charge is 0.375 e. The number of hydrogen-bond donors (Lipinski definition) is 0. The molecule has 0 aliphatic carbocycles. The molecule has 0 bridgehead atoms. The molecule has 25 heavy (non-hydrogen) atoms. The highest BCUT2D eigenvalue weighted by atomic mass is 16.5. The van der Waals surface area contributed by atoms with Crippen LogP contribution in [0.3, 0.4) is 0 Å². The molecule has 1 amide bonds. The van der Waals surface area contributed by atoms with Crippen LogP contribution in [-0.4, -0.2) is 55.6 Å². The van der Waals surface area contributed by atoms with Crippen LogP contribution in [-0.2, 0) is 17.7 Å². The lowest BCUT2D eigenvalue weighted by Gasteiger charge is -2.33. The van der Waals surface area contributed by atoms with Crippen molar-refractivity contribution in [3.05, 3.63) is 71.3 Å². The number of hydrogen-bond acceptors (Lipinski definition) is 3. The molecule has 0 spiro atoms. The summed E-state index contributed by atoms with van der Waals surface area (Å²) in [5.41, 5.74) is 3.23. The summed E-state index contributed by atoms with van der Waals surface area (Å²) in [5.74, 6) is 0.0470. The number of ether oxygens (including phenoxy) is 1. The molecule has 0 N–H and O–H groups in total. The van der Waals surface area contributed by atoms with Crippen molar-refractivity contribution in [1.29, 1.82) is 0 Å². The van der Waals surface area contributed by atoms with E-state index in [1.54, 1.807) is 19.0 Å². The molecule has 0 aromatic heterocycles. The van der Waals surface area contributed by atoms with Gasteiger partial charge in [-0.15, -0.1) is 0 Å². The zero-order valence-corrected chi connectivity index (χ0v) is 15.0. The number of rotatable bonds is 5. The number of carbonyl (C=O) groups is 1. The summed E-state index contributed by atoms with van der Waals surface area (Å²) in [6, 6.07) is 18.4. The summed E-state index contributed by atoms with van der Waals surface area (Å²) in [5, 5.41) is 0. The zero-order valence-electron chi connectivity index (χ0n) is 15.0. The van der Waals surface area contributed by atoms with Crippen LogP contribution in [0.1, 0.15) is 21.5 Å². The highest BCUT2D eigenvalue weighted by Crippen LogP contribution is 2.15. The molecule has 1 aliphatic rings. The van der Waals surface area contributed by atoms with E-state index in [9.17, 15) is 4.79 Å². The summed E-state index contributed by atoms with van der Waals surface area (Å²) in [6.07, 6.45) is 1.17. The summed E-state index contributed by atoms with van der Waals surface area (Å²) >= 11 is 0. The van der Waals surface area contributed by atoms with Crippen molar-refractivity contribution in [2.75, 3.05) is 33.8 Å². The van der Waals surface area contributed by atoms with E-state index in [2.05, 4.69) is 35.2 Å². The van der Waals surface area contributed by atoms with Crippen molar-refractivity contribution in [3.63, 3.8) is 0 Å². The Hall–Kier alpha value is -2.17. The van der Waals surface area contributed by atoms with Gasteiger partial charge >= 0.3 is 0 Å². The van der Waals surface area contributed by atoms with Crippen LogP contribution in [0.2, 0.25) is 0 Å². The van der Waals surface area contributed by atoms with Gasteiger partial charge in [-0.3, -0.25) is 9.69 Å². The first kappa shape index (κ1) is 17.6. The second-order valence-electron chi connectivity index (χ2n) is 6.82. The monoisotopic (exact) mass is 338 g/mol. The van der Waals surface area contributed by atoms with Gasteiger partial charge in [-0.05, 0) is 29.7 Å².